The molecule has 1 unspecified atom stereocenters. The highest BCUT2D eigenvalue weighted by Crippen LogP contribution is 2.26. The first-order valence-corrected chi connectivity index (χ1v) is 6.38. The number of nitro groups is 1. The van der Waals surface area contributed by atoms with E-state index < -0.39 is 4.92 Å². The zero-order valence-electron chi connectivity index (χ0n) is 10.6. The van der Waals surface area contributed by atoms with Crippen LogP contribution in [0.4, 0.5) is 11.4 Å². The van der Waals surface area contributed by atoms with Crippen LogP contribution in [0.25, 0.3) is 0 Å². The molecule has 1 atom stereocenters. The Kier molecular flexibility index (Phi) is 3.81. The van der Waals surface area contributed by atoms with Crippen molar-refractivity contribution in [2.24, 2.45) is 0 Å². The first kappa shape index (κ1) is 12.8. The van der Waals surface area contributed by atoms with Crippen molar-refractivity contribution in [2.75, 3.05) is 12.3 Å². The summed E-state index contributed by atoms with van der Waals surface area (Å²) in [5.41, 5.74) is 7.00. The van der Waals surface area contributed by atoms with E-state index in [-0.39, 0.29) is 11.4 Å². The van der Waals surface area contributed by atoms with Crippen molar-refractivity contribution >= 4 is 11.4 Å². The van der Waals surface area contributed by atoms with Gasteiger partial charge in [-0.15, -0.1) is 0 Å². The van der Waals surface area contributed by atoms with Crippen LogP contribution in [0.1, 0.15) is 31.7 Å². The third kappa shape index (κ3) is 2.61. The Balaban J connectivity index is 2.10. The summed E-state index contributed by atoms with van der Waals surface area (Å²) in [5.74, 6) is 0. The van der Waals surface area contributed by atoms with Gasteiger partial charge in [-0.2, -0.15) is 0 Å². The van der Waals surface area contributed by atoms with Gasteiger partial charge in [-0.1, -0.05) is 13.0 Å². The predicted molar refractivity (Wildman–Crippen MR) is 71.2 cm³/mol. The molecule has 1 saturated heterocycles. The molecule has 18 heavy (non-hydrogen) atoms. The number of likely N-dealkylation sites (tertiary alicyclic amines) is 1. The largest absolute Gasteiger partial charge is 0.393 e. The third-order valence-electron chi connectivity index (χ3n) is 3.64. The molecule has 0 saturated carbocycles. The summed E-state index contributed by atoms with van der Waals surface area (Å²) >= 11 is 0. The molecule has 2 N–H and O–H groups in total. The minimum absolute atomic E-state index is 0.00721. The number of nitro benzene ring substituents is 1. The van der Waals surface area contributed by atoms with Gasteiger partial charge in [-0.05, 0) is 37.4 Å². The number of hydrogen-bond donors (Lipinski definition) is 1. The average molecular weight is 249 g/mol. The summed E-state index contributed by atoms with van der Waals surface area (Å²) in [6.07, 6.45) is 3.64. The summed E-state index contributed by atoms with van der Waals surface area (Å²) in [5, 5.41) is 10.7. The summed E-state index contributed by atoms with van der Waals surface area (Å²) < 4.78 is 0. The predicted octanol–water partition coefficient (Wildman–Crippen LogP) is 2.55. The van der Waals surface area contributed by atoms with Crippen LogP contribution in [-0.4, -0.2) is 22.4 Å². The molecule has 1 aromatic carbocycles. The molecular formula is C13H19N3O2. The average Bonchev–Trinajstić information content (AvgIpc) is 2.76. The van der Waals surface area contributed by atoms with E-state index in [1.54, 1.807) is 12.1 Å². The van der Waals surface area contributed by atoms with Crippen molar-refractivity contribution in [1.82, 2.24) is 4.90 Å². The lowest BCUT2D eigenvalue weighted by Gasteiger charge is -2.23. The van der Waals surface area contributed by atoms with E-state index in [9.17, 15) is 10.1 Å². The molecule has 1 aliphatic rings. The van der Waals surface area contributed by atoms with Crippen molar-refractivity contribution in [3.63, 3.8) is 0 Å². The van der Waals surface area contributed by atoms with Gasteiger partial charge in [0.05, 0.1) is 4.92 Å². The van der Waals surface area contributed by atoms with Gasteiger partial charge in [-0.25, -0.2) is 0 Å². The maximum atomic E-state index is 10.7. The van der Waals surface area contributed by atoms with Gasteiger partial charge >= 0.3 is 0 Å². The molecule has 1 heterocycles. The Bertz CT molecular complexity index is 448. The van der Waals surface area contributed by atoms with Crippen molar-refractivity contribution in [1.29, 1.82) is 0 Å². The monoisotopic (exact) mass is 249 g/mol. The zero-order valence-corrected chi connectivity index (χ0v) is 10.6. The summed E-state index contributed by atoms with van der Waals surface area (Å²) in [6, 6.07) is 5.67. The summed E-state index contributed by atoms with van der Waals surface area (Å²) in [7, 11) is 0. The first-order valence-electron chi connectivity index (χ1n) is 6.38. The van der Waals surface area contributed by atoms with E-state index in [2.05, 4.69) is 11.8 Å². The van der Waals surface area contributed by atoms with Crippen LogP contribution in [0.5, 0.6) is 0 Å². The second-order valence-electron chi connectivity index (χ2n) is 4.83. The van der Waals surface area contributed by atoms with Crippen molar-refractivity contribution in [3.8, 4) is 0 Å². The van der Waals surface area contributed by atoms with Crippen LogP contribution < -0.4 is 5.73 Å². The molecule has 1 aromatic rings. The molecular weight excluding hydrogens is 230 g/mol. The van der Waals surface area contributed by atoms with Crippen LogP contribution in [0.15, 0.2) is 18.2 Å². The number of rotatable bonds is 4. The molecule has 5 heteroatoms. The highest BCUT2D eigenvalue weighted by molar-refractivity contribution is 5.59. The number of nitrogen functional groups attached to an aromatic ring is 1. The lowest BCUT2D eigenvalue weighted by Crippen LogP contribution is -2.28. The molecule has 0 bridgehead atoms. The Morgan fingerprint density at radius 3 is 2.94 bits per heavy atom. The van der Waals surface area contributed by atoms with Crippen molar-refractivity contribution in [3.05, 3.63) is 33.9 Å². The summed E-state index contributed by atoms with van der Waals surface area (Å²) in [6.45, 7) is 4.14. The molecule has 98 valence electrons. The van der Waals surface area contributed by atoms with E-state index in [0.29, 0.717) is 6.04 Å². The Labute approximate surface area is 107 Å². The van der Waals surface area contributed by atoms with Crippen molar-refractivity contribution in [2.45, 2.75) is 38.8 Å². The fourth-order valence-corrected chi connectivity index (χ4v) is 2.67. The molecule has 2 rings (SSSR count). The van der Waals surface area contributed by atoms with Gasteiger partial charge in [0.25, 0.3) is 5.69 Å². The minimum Gasteiger partial charge on any atom is -0.393 e. The fraction of sp³-hybridized carbons (Fsp3) is 0.538. The molecule has 0 aromatic heterocycles. The van der Waals surface area contributed by atoms with Gasteiger partial charge < -0.3 is 5.73 Å². The zero-order chi connectivity index (χ0) is 13.1. The highest BCUT2D eigenvalue weighted by Gasteiger charge is 2.23. The smallest absolute Gasteiger partial charge is 0.292 e. The molecule has 5 nitrogen and oxygen atoms in total. The first-order chi connectivity index (χ1) is 8.61. The molecule has 1 fully saturated rings. The van der Waals surface area contributed by atoms with Gasteiger partial charge in [-0.3, -0.25) is 15.0 Å². The SMILES string of the molecule is CCC1CCCN1Cc1ccc([N+](=O)[O-])c(N)c1. The molecule has 0 amide bonds. The quantitative estimate of drug-likeness (QED) is 0.505. The van der Waals surface area contributed by atoms with Gasteiger partial charge in [0, 0.05) is 18.7 Å². The lowest BCUT2D eigenvalue weighted by atomic mass is 10.1. The lowest BCUT2D eigenvalue weighted by molar-refractivity contribution is -0.383. The van der Waals surface area contributed by atoms with E-state index in [1.165, 1.54) is 18.9 Å². The van der Waals surface area contributed by atoms with E-state index in [1.807, 2.05) is 0 Å². The van der Waals surface area contributed by atoms with E-state index in [0.717, 1.165) is 25.1 Å². The van der Waals surface area contributed by atoms with Crippen LogP contribution >= 0.6 is 0 Å². The highest BCUT2D eigenvalue weighted by atomic mass is 16.6. The summed E-state index contributed by atoms with van der Waals surface area (Å²) in [4.78, 5) is 12.7. The minimum atomic E-state index is -0.441. The maximum Gasteiger partial charge on any atom is 0.292 e. The number of benzene rings is 1. The Morgan fingerprint density at radius 2 is 2.33 bits per heavy atom. The van der Waals surface area contributed by atoms with Gasteiger partial charge in [0.2, 0.25) is 0 Å². The maximum absolute atomic E-state index is 10.7. The second kappa shape index (κ2) is 5.35. The third-order valence-corrected chi connectivity index (χ3v) is 3.64. The van der Waals surface area contributed by atoms with Crippen LogP contribution in [0, 0.1) is 10.1 Å². The van der Waals surface area contributed by atoms with Gasteiger partial charge in [0.1, 0.15) is 5.69 Å². The van der Waals surface area contributed by atoms with E-state index >= 15 is 0 Å². The number of nitrogens with two attached hydrogens (primary N) is 1. The van der Waals surface area contributed by atoms with Crippen LogP contribution in [-0.2, 0) is 6.54 Å². The number of hydrogen-bond acceptors (Lipinski definition) is 4. The number of nitrogens with zero attached hydrogens (tertiary/aromatic N) is 2. The Morgan fingerprint density at radius 1 is 1.56 bits per heavy atom. The fourth-order valence-electron chi connectivity index (χ4n) is 2.67. The standard InChI is InChI=1S/C13H19N3O2/c1-2-11-4-3-7-15(11)9-10-5-6-13(16(17)18)12(14)8-10/h5-6,8,11H,2-4,7,9,14H2,1H3. The van der Waals surface area contributed by atoms with Crippen LogP contribution in [0.3, 0.4) is 0 Å². The van der Waals surface area contributed by atoms with Gasteiger partial charge in [0.15, 0.2) is 0 Å². The Hall–Kier alpha value is -1.62. The second-order valence-corrected chi connectivity index (χ2v) is 4.83. The van der Waals surface area contributed by atoms with E-state index in [4.69, 9.17) is 5.73 Å². The topological polar surface area (TPSA) is 72.4 Å². The van der Waals surface area contributed by atoms with Crippen LogP contribution in [0.2, 0.25) is 0 Å². The normalized spacial score (nSPS) is 20.2. The molecule has 0 aliphatic carbocycles. The van der Waals surface area contributed by atoms with Crippen molar-refractivity contribution < 1.29 is 4.92 Å². The number of anilines is 1. The molecule has 0 radical (unpaired) electrons. The molecule has 1 aliphatic heterocycles. The molecule has 0 spiro atoms.